The molecule has 0 aliphatic carbocycles. The van der Waals surface area contributed by atoms with Crippen LogP contribution in [0.5, 0.6) is 0 Å². The van der Waals surface area contributed by atoms with E-state index in [1.807, 2.05) is 96.1 Å². The maximum absolute atomic E-state index is 15.5. The van der Waals surface area contributed by atoms with Crippen molar-refractivity contribution in [2.45, 2.75) is 109 Å². The van der Waals surface area contributed by atoms with E-state index in [-0.39, 0.29) is 45.3 Å². The average molecular weight is 1540 g/mol. The van der Waals surface area contributed by atoms with Crippen LogP contribution in [0.15, 0.2) is 170 Å². The fraction of sp³-hybridized carbons (Fsp3) is 0.312. The maximum Gasteiger partial charge on any atom is 0.306 e. The quantitative estimate of drug-likeness (QED) is 0.0204. The molecule has 4 unspecified atom stereocenters. The third-order valence-corrected chi connectivity index (χ3v) is 38.9. The van der Waals surface area contributed by atoms with Gasteiger partial charge in [-0.05, 0) is 128 Å². The van der Waals surface area contributed by atoms with Crippen molar-refractivity contribution in [3.63, 3.8) is 0 Å². The molecule has 542 valence electrons. The summed E-state index contributed by atoms with van der Waals surface area (Å²) < 4.78 is 85.4. The van der Waals surface area contributed by atoms with Gasteiger partial charge >= 0.3 is 23.9 Å². The summed E-state index contributed by atoms with van der Waals surface area (Å²) in [6.45, 7) is 19.2. The van der Waals surface area contributed by atoms with E-state index in [9.17, 15) is 33.6 Å². The summed E-state index contributed by atoms with van der Waals surface area (Å²) in [6, 6.07) is 48.9. The van der Waals surface area contributed by atoms with Gasteiger partial charge in [-0.1, -0.05) is 238 Å². The van der Waals surface area contributed by atoms with Crippen molar-refractivity contribution in [1.29, 1.82) is 0 Å². The Balaban J connectivity index is 1.09. The molecule has 0 bridgehead atoms. The molecule has 23 heteroatoms. The Morgan fingerprint density at radius 3 is 0.757 bits per heavy atom. The highest BCUT2D eigenvalue weighted by Crippen LogP contribution is 2.63. The fourth-order valence-corrected chi connectivity index (χ4v) is 32.6. The molecule has 0 radical (unpaired) electrons. The highest BCUT2D eigenvalue weighted by atomic mass is 32.7. The van der Waals surface area contributed by atoms with Crippen LogP contribution in [0.1, 0.15) is 124 Å². The van der Waals surface area contributed by atoms with Gasteiger partial charge in [-0.25, -0.2) is 0 Å². The minimum atomic E-state index is -4.02. The lowest BCUT2D eigenvalue weighted by Crippen LogP contribution is -2.44. The minimum absolute atomic E-state index is 0.00585. The minimum Gasteiger partial charge on any atom is -0.465 e. The molecule has 15 nitrogen and oxygen atoms in total. The SMILES string of the molecule is Cc1cc(C)c(C(=O)P(=O)(SCCC(=O)OCC(COC(=O)CCSP(=O)(C(=O)c2c(C)cc(C)cc2C)c2ccccc2)(COC(=O)CCSP(=O)(C(=O)c2c(C)cc(C)cc2C)c2ccccc2)COC(=O)CCSP(=O)(c2ccccc2)c2c(C)cc(C)cc2C)c2ccccc2)c(C)c1. The highest BCUT2D eigenvalue weighted by molar-refractivity contribution is 8.66. The molecular formula is C80H88O15P4S4. The molecule has 0 fully saturated rings. The van der Waals surface area contributed by atoms with Gasteiger partial charge in [0.05, 0.1) is 25.7 Å². The number of rotatable bonds is 35. The van der Waals surface area contributed by atoms with E-state index in [1.165, 1.54) is 0 Å². The van der Waals surface area contributed by atoms with Crippen molar-refractivity contribution in [3.05, 3.63) is 253 Å². The van der Waals surface area contributed by atoms with Gasteiger partial charge in [0, 0.05) is 66.2 Å². The van der Waals surface area contributed by atoms with Crippen molar-refractivity contribution in [3.8, 4) is 0 Å². The normalized spacial score (nSPS) is 14.3. The van der Waals surface area contributed by atoms with Crippen LogP contribution in [-0.4, -0.2) is 89.9 Å². The van der Waals surface area contributed by atoms with E-state index in [1.54, 1.807) is 157 Å². The Bertz CT molecular complexity index is 4230. The monoisotopic (exact) mass is 1540 g/mol. The Labute approximate surface area is 621 Å². The smallest absolute Gasteiger partial charge is 0.306 e. The first kappa shape index (κ1) is 81.6. The van der Waals surface area contributed by atoms with Crippen LogP contribution < -0.4 is 26.5 Å². The van der Waals surface area contributed by atoms with Crippen molar-refractivity contribution in [2.24, 2.45) is 5.41 Å². The lowest BCUT2D eigenvalue weighted by Gasteiger charge is -2.31. The molecule has 8 rings (SSSR count). The first-order valence-electron chi connectivity index (χ1n) is 33.6. The van der Waals surface area contributed by atoms with Gasteiger partial charge < -0.3 is 23.5 Å². The Morgan fingerprint density at radius 2 is 0.515 bits per heavy atom. The summed E-state index contributed by atoms with van der Waals surface area (Å²) in [5.74, 6) is -3.95. The summed E-state index contributed by atoms with van der Waals surface area (Å²) in [7, 11) is 0. The van der Waals surface area contributed by atoms with Gasteiger partial charge in [-0.3, -0.25) is 47.3 Å². The van der Waals surface area contributed by atoms with Gasteiger partial charge in [0.15, 0.2) is 6.34 Å². The molecule has 0 aliphatic rings. The molecule has 0 aromatic heterocycles. The summed E-state index contributed by atoms with van der Waals surface area (Å²) in [5, 5.41) is 2.06. The van der Waals surface area contributed by atoms with E-state index in [4.69, 9.17) is 18.9 Å². The summed E-state index contributed by atoms with van der Waals surface area (Å²) in [5.41, 5.74) is 6.52. The number of hydrogen-bond donors (Lipinski definition) is 0. The lowest BCUT2D eigenvalue weighted by molar-refractivity contribution is -0.170. The number of esters is 4. The molecule has 0 aliphatic heterocycles. The van der Waals surface area contributed by atoms with Crippen molar-refractivity contribution < 1.29 is 70.8 Å². The molecule has 0 amide bonds. The van der Waals surface area contributed by atoms with Crippen LogP contribution in [-0.2, 0) is 56.4 Å². The van der Waals surface area contributed by atoms with Gasteiger partial charge in [0.25, 0.3) is 0 Å². The summed E-state index contributed by atoms with van der Waals surface area (Å²) in [6.07, 6.45) is -17.0. The predicted octanol–water partition coefficient (Wildman–Crippen LogP) is 17.6. The van der Waals surface area contributed by atoms with Gasteiger partial charge in [0.2, 0.25) is 35.6 Å². The molecule has 103 heavy (non-hydrogen) atoms. The maximum atomic E-state index is 15.5. The van der Waals surface area contributed by atoms with Crippen molar-refractivity contribution in [2.75, 3.05) is 49.4 Å². The molecule has 0 N–H and O–H groups in total. The van der Waals surface area contributed by atoms with Crippen LogP contribution in [0, 0.1) is 88.5 Å². The third kappa shape index (κ3) is 20.3. The number of carbonyl (C=O) groups is 7. The second kappa shape index (κ2) is 36.3. The number of hydrogen-bond acceptors (Lipinski definition) is 19. The largest absolute Gasteiger partial charge is 0.465 e. The highest BCUT2D eigenvalue weighted by Gasteiger charge is 2.43. The van der Waals surface area contributed by atoms with Crippen LogP contribution in [0.4, 0.5) is 0 Å². The van der Waals surface area contributed by atoms with Gasteiger partial charge in [-0.15, -0.1) is 0 Å². The zero-order valence-corrected chi connectivity index (χ0v) is 67.0. The number of benzene rings is 8. The van der Waals surface area contributed by atoms with E-state index < -0.39 is 117 Å². The van der Waals surface area contributed by atoms with Gasteiger partial charge in [-0.2, -0.15) is 0 Å². The number of aryl methyl sites for hydroxylation is 12. The Morgan fingerprint density at radius 1 is 0.301 bits per heavy atom. The van der Waals surface area contributed by atoms with Crippen molar-refractivity contribution >= 4 is 138 Å². The molecule has 0 saturated carbocycles. The second-order valence-corrected chi connectivity index (χ2v) is 46.1. The van der Waals surface area contributed by atoms with Crippen LogP contribution in [0.25, 0.3) is 0 Å². The van der Waals surface area contributed by atoms with Gasteiger partial charge in [0.1, 0.15) is 31.8 Å². The summed E-state index contributed by atoms with van der Waals surface area (Å²) >= 11 is 3.58. The van der Waals surface area contributed by atoms with Crippen LogP contribution >= 0.6 is 70.9 Å². The molecule has 8 aromatic rings. The molecule has 0 saturated heterocycles. The molecule has 0 heterocycles. The lowest BCUT2D eigenvalue weighted by atomic mass is 9.92. The average Bonchev–Trinajstić information content (AvgIpc) is 0.774. The Kier molecular flexibility index (Phi) is 28.8. The molecule has 4 atom stereocenters. The van der Waals surface area contributed by atoms with Crippen LogP contribution in [0.3, 0.4) is 0 Å². The first-order valence-corrected chi connectivity index (χ1v) is 46.8. The first-order chi connectivity index (χ1) is 48.8. The molecule has 0 spiro atoms. The topological polar surface area (TPSA) is 225 Å². The number of ether oxygens (including phenoxy) is 4. The zero-order chi connectivity index (χ0) is 75.0. The zero-order valence-electron chi connectivity index (χ0n) is 60.2. The van der Waals surface area contributed by atoms with E-state index in [0.717, 1.165) is 78.9 Å². The van der Waals surface area contributed by atoms with Crippen LogP contribution in [0.2, 0.25) is 0 Å². The molecule has 8 aromatic carbocycles. The van der Waals surface area contributed by atoms with E-state index in [2.05, 4.69) is 0 Å². The van der Waals surface area contributed by atoms with E-state index in [0.29, 0.717) is 60.7 Å². The fourth-order valence-electron chi connectivity index (χ4n) is 12.6. The predicted molar refractivity (Wildman–Crippen MR) is 425 cm³/mol. The molecular weight excluding hydrogens is 1450 g/mol. The second-order valence-electron chi connectivity index (χ2n) is 26.0. The third-order valence-electron chi connectivity index (χ3n) is 17.3. The summed E-state index contributed by atoms with van der Waals surface area (Å²) in [4.78, 5) is 101. The number of carbonyl (C=O) groups excluding carboxylic acids is 7. The Hall–Kier alpha value is -7.03. The van der Waals surface area contributed by atoms with E-state index >= 15 is 18.3 Å². The van der Waals surface area contributed by atoms with Crippen molar-refractivity contribution in [1.82, 2.24) is 0 Å². The standard InChI is InChI=1S/C80H88O15P4S4/c1-53-41-57(5)73(58(6)42-53)77(85)97(89,66-27-19-14-20-28-66)101-38-34-70(82)93-50-80(49-92-69(81)33-37-100-96(88,65-25-17-13-18-26-65)76-63(11)47-56(4)48-64(76)12,51-94-71(83)35-39-102-98(90,67-29-21-15-22-30-67)78(86)74-59(7)43-54(2)44-60(74)8)52-95-72(84)36-40-103-99(91,68-31-23-16-24-32-68)79(87)75-61(9)45-55(3)46-62(75)10/h13-32,41-48H,33-40,49-52H2,1-12H3.